The van der Waals surface area contributed by atoms with Gasteiger partial charge in [-0.15, -0.1) is 0 Å². The van der Waals surface area contributed by atoms with Gasteiger partial charge in [0.15, 0.2) is 0 Å². The van der Waals surface area contributed by atoms with Gasteiger partial charge in [0.05, 0.1) is 11.8 Å². The van der Waals surface area contributed by atoms with E-state index in [9.17, 15) is 9.59 Å². The smallest absolute Gasteiger partial charge is 0.231 e. The van der Waals surface area contributed by atoms with Crippen molar-refractivity contribution in [3.05, 3.63) is 0 Å². The zero-order valence-electron chi connectivity index (χ0n) is 11.6. The van der Waals surface area contributed by atoms with Gasteiger partial charge in [0.25, 0.3) is 0 Å². The van der Waals surface area contributed by atoms with Gasteiger partial charge in [0.2, 0.25) is 11.8 Å². The summed E-state index contributed by atoms with van der Waals surface area (Å²) >= 11 is 0. The highest BCUT2D eigenvalue weighted by Gasteiger charge is 2.54. The van der Waals surface area contributed by atoms with Crippen LogP contribution in [0.1, 0.15) is 41.5 Å². The van der Waals surface area contributed by atoms with Gasteiger partial charge in [-0.1, -0.05) is 34.6 Å². The van der Waals surface area contributed by atoms with E-state index >= 15 is 0 Å². The molecular weight excluding hydrogens is 216 g/mol. The molecule has 1 saturated heterocycles. The summed E-state index contributed by atoms with van der Waals surface area (Å²) in [6, 6.07) is -0.144. The highest BCUT2D eigenvalue weighted by Crippen LogP contribution is 2.45. The number of nitrogens with one attached hydrogen (secondary N) is 1. The Morgan fingerprint density at radius 1 is 1.06 bits per heavy atom. The molecule has 0 saturated carbocycles. The molecule has 0 aromatic carbocycles. The molecule has 98 valence electrons. The molecule has 0 radical (unpaired) electrons. The van der Waals surface area contributed by atoms with Crippen LogP contribution in [-0.2, 0) is 9.59 Å². The summed E-state index contributed by atoms with van der Waals surface area (Å²) in [5.74, 6) is -1.01. The van der Waals surface area contributed by atoms with E-state index in [4.69, 9.17) is 5.73 Å². The van der Waals surface area contributed by atoms with Crippen LogP contribution >= 0.6 is 0 Å². The van der Waals surface area contributed by atoms with Crippen molar-refractivity contribution < 1.29 is 9.59 Å². The second kappa shape index (κ2) is 4.09. The Labute approximate surface area is 103 Å². The third-order valence-electron chi connectivity index (χ3n) is 4.05. The molecular formula is C13H24N2O2. The van der Waals surface area contributed by atoms with Gasteiger partial charge >= 0.3 is 0 Å². The Hall–Kier alpha value is -0.900. The largest absolute Gasteiger partial charge is 0.327 e. The lowest BCUT2D eigenvalue weighted by atomic mass is 9.62. The Morgan fingerprint density at radius 2 is 1.47 bits per heavy atom. The quantitative estimate of drug-likeness (QED) is 0.714. The molecule has 3 unspecified atom stereocenters. The van der Waals surface area contributed by atoms with Crippen molar-refractivity contribution in [3.63, 3.8) is 0 Å². The molecule has 1 fully saturated rings. The van der Waals surface area contributed by atoms with Gasteiger partial charge in [-0.3, -0.25) is 14.9 Å². The van der Waals surface area contributed by atoms with E-state index in [0.29, 0.717) is 0 Å². The lowest BCUT2D eigenvalue weighted by Gasteiger charge is -2.40. The Bertz CT molecular complexity index is 340. The zero-order valence-corrected chi connectivity index (χ0v) is 11.6. The fourth-order valence-corrected chi connectivity index (χ4v) is 2.52. The molecule has 4 heteroatoms. The van der Waals surface area contributed by atoms with Crippen LogP contribution in [0.3, 0.4) is 0 Å². The lowest BCUT2D eigenvalue weighted by molar-refractivity contribution is -0.128. The number of rotatable bonds is 2. The fraction of sp³-hybridized carbons (Fsp3) is 0.846. The lowest BCUT2D eigenvalue weighted by Crippen LogP contribution is -2.47. The normalized spacial score (nSPS) is 28.2. The number of hydrogen-bond acceptors (Lipinski definition) is 3. The first-order valence-corrected chi connectivity index (χ1v) is 6.10. The molecule has 1 aliphatic rings. The highest BCUT2D eigenvalue weighted by atomic mass is 16.2. The van der Waals surface area contributed by atoms with Gasteiger partial charge in [-0.25, -0.2) is 0 Å². The van der Waals surface area contributed by atoms with E-state index < -0.39 is 5.41 Å². The second-order valence-corrected chi connectivity index (χ2v) is 6.78. The maximum atomic E-state index is 12.0. The van der Waals surface area contributed by atoms with E-state index in [1.165, 1.54) is 0 Å². The molecule has 0 spiro atoms. The van der Waals surface area contributed by atoms with Crippen LogP contribution in [-0.4, -0.2) is 17.9 Å². The molecule has 2 amide bonds. The van der Waals surface area contributed by atoms with Gasteiger partial charge in [0, 0.05) is 6.04 Å². The van der Waals surface area contributed by atoms with E-state index in [1.807, 2.05) is 41.5 Å². The Morgan fingerprint density at radius 3 is 1.82 bits per heavy atom. The minimum atomic E-state index is -0.395. The molecule has 0 aliphatic carbocycles. The molecule has 17 heavy (non-hydrogen) atoms. The average Bonchev–Trinajstić information content (AvgIpc) is 2.39. The summed E-state index contributed by atoms with van der Waals surface area (Å²) in [5.41, 5.74) is 5.33. The molecule has 0 aromatic rings. The molecule has 1 aliphatic heterocycles. The van der Waals surface area contributed by atoms with Crippen molar-refractivity contribution in [2.45, 2.75) is 47.6 Å². The molecule has 4 nitrogen and oxygen atoms in total. The van der Waals surface area contributed by atoms with Crippen LogP contribution < -0.4 is 11.1 Å². The monoisotopic (exact) mass is 240 g/mol. The van der Waals surface area contributed by atoms with Gasteiger partial charge in [-0.05, 0) is 17.8 Å². The summed E-state index contributed by atoms with van der Waals surface area (Å²) < 4.78 is 0. The predicted octanol–water partition coefficient (Wildman–Crippen LogP) is 1.29. The minimum Gasteiger partial charge on any atom is -0.327 e. The van der Waals surface area contributed by atoms with Crippen LogP contribution in [0, 0.1) is 22.7 Å². The van der Waals surface area contributed by atoms with Crippen LogP contribution in [0.5, 0.6) is 0 Å². The molecule has 1 rings (SSSR count). The second-order valence-electron chi connectivity index (χ2n) is 6.78. The predicted molar refractivity (Wildman–Crippen MR) is 67.0 cm³/mol. The summed E-state index contributed by atoms with van der Waals surface area (Å²) in [7, 11) is 0. The number of amides is 2. The number of carbonyl (C=O) groups excluding carboxylic acids is 2. The van der Waals surface area contributed by atoms with E-state index in [1.54, 1.807) is 0 Å². The molecule has 1 heterocycles. The van der Waals surface area contributed by atoms with Crippen molar-refractivity contribution in [1.82, 2.24) is 5.32 Å². The van der Waals surface area contributed by atoms with Crippen molar-refractivity contribution >= 4 is 11.8 Å². The number of imide groups is 1. The summed E-state index contributed by atoms with van der Waals surface area (Å²) in [6.07, 6.45) is 0. The fourth-order valence-electron chi connectivity index (χ4n) is 2.52. The molecule has 0 bridgehead atoms. The third kappa shape index (κ3) is 2.37. The number of carbonyl (C=O) groups is 2. The first kappa shape index (κ1) is 14.2. The standard InChI is InChI=1S/C13H24N2O2/c1-7(14)13(5,6)9-8(12(2,3)4)10(16)15-11(9)17/h7-9H,14H2,1-6H3,(H,15,16,17). The molecule has 0 aromatic heterocycles. The van der Waals surface area contributed by atoms with Gasteiger partial charge in [0.1, 0.15) is 0 Å². The van der Waals surface area contributed by atoms with E-state index in [-0.39, 0.29) is 35.1 Å². The van der Waals surface area contributed by atoms with Crippen LogP contribution in [0.25, 0.3) is 0 Å². The Kier molecular flexibility index (Phi) is 3.41. The SMILES string of the molecule is CC(N)C(C)(C)C1C(=O)NC(=O)C1C(C)(C)C. The molecule has 3 N–H and O–H groups in total. The number of nitrogens with two attached hydrogens (primary N) is 1. The third-order valence-corrected chi connectivity index (χ3v) is 4.05. The Balaban J connectivity index is 3.20. The first-order valence-electron chi connectivity index (χ1n) is 6.10. The topological polar surface area (TPSA) is 72.2 Å². The van der Waals surface area contributed by atoms with Gasteiger partial charge in [-0.2, -0.15) is 0 Å². The number of hydrogen-bond donors (Lipinski definition) is 2. The summed E-state index contributed by atoms with van der Waals surface area (Å²) in [4.78, 5) is 23.9. The average molecular weight is 240 g/mol. The van der Waals surface area contributed by atoms with E-state index in [0.717, 1.165) is 0 Å². The highest BCUT2D eigenvalue weighted by molar-refractivity contribution is 6.05. The summed E-state index contributed by atoms with van der Waals surface area (Å²) in [6.45, 7) is 11.8. The zero-order chi connectivity index (χ0) is 13.6. The van der Waals surface area contributed by atoms with Crippen LogP contribution in [0.15, 0.2) is 0 Å². The minimum absolute atomic E-state index is 0.144. The first-order chi connectivity index (χ1) is 7.49. The van der Waals surface area contributed by atoms with Gasteiger partial charge < -0.3 is 5.73 Å². The van der Waals surface area contributed by atoms with Crippen molar-refractivity contribution in [1.29, 1.82) is 0 Å². The van der Waals surface area contributed by atoms with Crippen LogP contribution in [0.2, 0.25) is 0 Å². The van der Waals surface area contributed by atoms with Crippen molar-refractivity contribution in [2.24, 2.45) is 28.4 Å². The molecule has 3 atom stereocenters. The van der Waals surface area contributed by atoms with E-state index in [2.05, 4.69) is 5.32 Å². The summed E-state index contributed by atoms with van der Waals surface area (Å²) in [5, 5.41) is 2.45. The van der Waals surface area contributed by atoms with Crippen molar-refractivity contribution in [3.8, 4) is 0 Å². The maximum Gasteiger partial charge on any atom is 0.231 e. The van der Waals surface area contributed by atoms with Crippen LogP contribution in [0.4, 0.5) is 0 Å². The maximum absolute atomic E-state index is 12.0. The van der Waals surface area contributed by atoms with Crippen molar-refractivity contribution in [2.75, 3.05) is 0 Å².